The summed E-state index contributed by atoms with van der Waals surface area (Å²) in [4.78, 5) is 0. The predicted octanol–water partition coefficient (Wildman–Crippen LogP) is 4.17. The van der Waals surface area contributed by atoms with Crippen molar-refractivity contribution in [2.24, 2.45) is 5.41 Å². The van der Waals surface area contributed by atoms with Crippen LogP contribution in [-0.2, 0) is 0 Å². The first-order chi connectivity index (χ1) is 6.12. The van der Waals surface area contributed by atoms with Gasteiger partial charge in [0.05, 0.1) is 0 Å². The number of hydrogen-bond donors (Lipinski definition) is 0. The molecule has 0 bridgehead atoms. The first-order valence-electron chi connectivity index (χ1n) is 5.26. The van der Waals surface area contributed by atoms with Gasteiger partial charge in [-0.2, -0.15) is 0 Å². The maximum absolute atomic E-state index is 5.18. The summed E-state index contributed by atoms with van der Waals surface area (Å²) < 4.78 is 0. The monoisotopic (exact) mass is 178 g/mol. The van der Waals surface area contributed by atoms with Crippen LogP contribution in [0.25, 0.3) is 0 Å². The van der Waals surface area contributed by atoms with Crippen LogP contribution in [0, 0.1) is 17.8 Å². The number of rotatable bonds is 6. The van der Waals surface area contributed by atoms with Gasteiger partial charge in [0, 0.05) is 0 Å². The minimum Gasteiger partial charge on any atom is -0.115 e. The third-order valence-electron chi connectivity index (χ3n) is 2.31. The van der Waals surface area contributed by atoms with Crippen LogP contribution < -0.4 is 0 Å². The van der Waals surface area contributed by atoms with E-state index in [2.05, 4.69) is 32.8 Å². The zero-order valence-corrected chi connectivity index (χ0v) is 9.27. The summed E-state index contributed by atoms with van der Waals surface area (Å²) in [5.41, 5.74) is 0.278. The molecule has 0 saturated carbocycles. The lowest BCUT2D eigenvalue weighted by Crippen LogP contribution is -2.06. The lowest BCUT2D eigenvalue weighted by Gasteiger charge is -2.19. The molecule has 0 amide bonds. The molecule has 0 aliphatic rings. The number of allylic oxidation sites excluding steroid dienone is 2. The van der Waals surface area contributed by atoms with Crippen LogP contribution in [0.3, 0.4) is 0 Å². The fraction of sp³-hybridized carbons (Fsp3) is 0.692. The fourth-order valence-electron chi connectivity index (χ4n) is 1.36. The SMILES string of the molecule is C#CC=CC(C)(C)CCCCCC. The summed E-state index contributed by atoms with van der Waals surface area (Å²) in [6.07, 6.45) is 15.7. The van der Waals surface area contributed by atoms with Crippen LogP contribution in [-0.4, -0.2) is 0 Å². The Balaban J connectivity index is 3.64. The second-order valence-corrected chi connectivity index (χ2v) is 4.30. The van der Waals surface area contributed by atoms with Crippen molar-refractivity contribution in [2.75, 3.05) is 0 Å². The highest BCUT2D eigenvalue weighted by atomic mass is 14.2. The van der Waals surface area contributed by atoms with Gasteiger partial charge in [0.25, 0.3) is 0 Å². The first-order valence-corrected chi connectivity index (χ1v) is 5.26. The third-order valence-corrected chi connectivity index (χ3v) is 2.31. The van der Waals surface area contributed by atoms with Gasteiger partial charge in [0.15, 0.2) is 0 Å². The maximum atomic E-state index is 5.18. The highest BCUT2D eigenvalue weighted by Gasteiger charge is 2.12. The van der Waals surface area contributed by atoms with E-state index in [9.17, 15) is 0 Å². The van der Waals surface area contributed by atoms with Gasteiger partial charge in [-0.05, 0) is 17.9 Å². The van der Waals surface area contributed by atoms with Gasteiger partial charge >= 0.3 is 0 Å². The summed E-state index contributed by atoms with van der Waals surface area (Å²) >= 11 is 0. The van der Waals surface area contributed by atoms with Crippen molar-refractivity contribution in [3.63, 3.8) is 0 Å². The molecule has 0 spiro atoms. The Labute approximate surface area is 83.4 Å². The highest BCUT2D eigenvalue weighted by Crippen LogP contribution is 2.25. The summed E-state index contributed by atoms with van der Waals surface area (Å²) in [5, 5.41) is 0. The van der Waals surface area contributed by atoms with Crippen molar-refractivity contribution >= 4 is 0 Å². The Morgan fingerprint density at radius 1 is 1.23 bits per heavy atom. The van der Waals surface area contributed by atoms with E-state index in [-0.39, 0.29) is 5.41 Å². The molecule has 13 heavy (non-hydrogen) atoms. The fourth-order valence-corrected chi connectivity index (χ4v) is 1.36. The van der Waals surface area contributed by atoms with Gasteiger partial charge in [-0.3, -0.25) is 0 Å². The van der Waals surface area contributed by atoms with Crippen LogP contribution in [0.2, 0.25) is 0 Å². The summed E-state index contributed by atoms with van der Waals surface area (Å²) in [7, 11) is 0. The molecule has 0 rings (SSSR count). The molecule has 0 aromatic heterocycles. The first kappa shape index (κ1) is 12.3. The Kier molecular flexibility index (Phi) is 6.41. The highest BCUT2D eigenvalue weighted by molar-refractivity contribution is 5.12. The molecule has 0 unspecified atom stereocenters. The lowest BCUT2D eigenvalue weighted by molar-refractivity contribution is 0.410. The third kappa shape index (κ3) is 7.65. The molecule has 0 saturated heterocycles. The maximum Gasteiger partial charge on any atom is -0.0156 e. The van der Waals surface area contributed by atoms with Crippen LogP contribution in [0.4, 0.5) is 0 Å². The molecule has 0 aromatic rings. The molecule has 0 aliphatic heterocycles. The van der Waals surface area contributed by atoms with E-state index in [0.29, 0.717) is 0 Å². The largest absolute Gasteiger partial charge is 0.115 e. The second kappa shape index (κ2) is 6.78. The predicted molar refractivity (Wildman–Crippen MR) is 60.5 cm³/mol. The molecule has 0 aromatic carbocycles. The molecule has 0 radical (unpaired) electrons. The van der Waals surface area contributed by atoms with Crippen molar-refractivity contribution in [1.29, 1.82) is 0 Å². The molecule has 0 N–H and O–H groups in total. The molecular weight excluding hydrogens is 156 g/mol. The van der Waals surface area contributed by atoms with E-state index in [4.69, 9.17) is 6.42 Å². The standard InChI is InChI=1S/C13H22/c1-5-7-9-10-12-13(3,4)11-8-6-2/h2,8,11H,5,7,9-10,12H2,1,3-4H3. The van der Waals surface area contributed by atoms with Crippen LogP contribution in [0.1, 0.15) is 52.9 Å². The zero-order valence-electron chi connectivity index (χ0n) is 9.27. The summed E-state index contributed by atoms with van der Waals surface area (Å²) in [6, 6.07) is 0. The van der Waals surface area contributed by atoms with Gasteiger partial charge < -0.3 is 0 Å². The average Bonchev–Trinajstić information content (AvgIpc) is 2.09. The molecule has 0 heterocycles. The Morgan fingerprint density at radius 2 is 1.92 bits per heavy atom. The molecule has 0 heteroatoms. The van der Waals surface area contributed by atoms with E-state index < -0.39 is 0 Å². The topological polar surface area (TPSA) is 0 Å². The van der Waals surface area contributed by atoms with Crippen molar-refractivity contribution < 1.29 is 0 Å². The number of terminal acetylenes is 1. The minimum absolute atomic E-state index is 0.278. The molecule has 0 aliphatic carbocycles. The van der Waals surface area contributed by atoms with Crippen LogP contribution in [0.5, 0.6) is 0 Å². The number of unbranched alkanes of at least 4 members (excludes halogenated alkanes) is 3. The van der Waals surface area contributed by atoms with Crippen molar-refractivity contribution in [2.45, 2.75) is 52.9 Å². The normalized spacial score (nSPS) is 11.8. The minimum atomic E-state index is 0.278. The molecule has 0 nitrogen and oxygen atoms in total. The molecule has 74 valence electrons. The van der Waals surface area contributed by atoms with E-state index in [1.54, 1.807) is 0 Å². The van der Waals surface area contributed by atoms with Crippen molar-refractivity contribution in [3.8, 4) is 12.3 Å². The van der Waals surface area contributed by atoms with E-state index in [1.165, 1.54) is 32.1 Å². The molecular formula is C13H22. The molecule has 0 atom stereocenters. The summed E-state index contributed by atoms with van der Waals surface area (Å²) in [6.45, 7) is 6.73. The summed E-state index contributed by atoms with van der Waals surface area (Å²) in [5.74, 6) is 2.54. The van der Waals surface area contributed by atoms with Gasteiger partial charge in [0.1, 0.15) is 0 Å². The van der Waals surface area contributed by atoms with Crippen LogP contribution >= 0.6 is 0 Å². The van der Waals surface area contributed by atoms with Gasteiger partial charge in [-0.15, -0.1) is 6.42 Å². The van der Waals surface area contributed by atoms with Gasteiger partial charge in [-0.1, -0.05) is 58.5 Å². The van der Waals surface area contributed by atoms with Crippen LogP contribution in [0.15, 0.2) is 12.2 Å². The van der Waals surface area contributed by atoms with Crippen molar-refractivity contribution in [3.05, 3.63) is 12.2 Å². The van der Waals surface area contributed by atoms with E-state index in [1.807, 2.05) is 6.08 Å². The van der Waals surface area contributed by atoms with Gasteiger partial charge in [-0.25, -0.2) is 0 Å². The zero-order chi connectivity index (χ0) is 10.2. The Hall–Kier alpha value is -0.700. The smallest absolute Gasteiger partial charge is 0.0156 e. The lowest BCUT2D eigenvalue weighted by atomic mass is 9.86. The Morgan fingerprint density at radius 3 is 2.46 bits per heavy atom. The van der Waals surface area contributed by atoms with E-state index >= 15 is 0 Å². The second-order valence-electron chi connectivity index (χ2n) is 4.30. The number of hydrogen-bond acceptors (Lipinski definition) is 0. The average molecular weight is 178 g/mol. The Bertz CT molecular complexity index is 179. The van der Waals surface area contributed by atoms with Crippen molar-refractivity contribution in [1.82, 2.24) is 0 Å². The quantitative estimate of drug-likeness (QED) is 0.423. The van der Waals surface area contributed by atoms with Gasteiger partial charge in [0.2, 0.25) is 0 Å². The van der Waals surface area contributed by atoms with E-state index in [0.717, 1.165) is 0 Å². The molecule has 0 fully saturated rings.